The van der Waals surface area contributed by atoms with Crippen molar-refractivity contribution in [1.82, 2.24) is 19.6 Å². The van der Waals surface area contributed by atoms with Crippen LogP contribution in [0.3, 0.4) is 0 Å². The van der Waals surface area contributed by atoms with Crippen molar-refractivity contribution in [2.45, 2.75) is 37.6 Å². The number of hydrogen-bond donors (Lipinski definition) is 1. The molecule has 11 heteroatoms. The van der Waals surface area contributed by atoms with Gasteiger partial charge in [-0.25, -0.2) is 4.98 Å². The monoisotopic (exact) mass is 419 g/mol. The summed E-state index contributed by atoms with van der Waals surface area (Å²) in [5.41, 5.74) is 0.979. The van der Waals surface area contributed by atoms with E-state index < -0.39 is 15.1 Å². The maximum Gasteiger partial charge on any atom is 0.310 e. The van der Waals surface area contributed by atoms with Gasteiger partial charge in [-0.15, -0.1) is 0 Å². The predicted molar refractivity (Wildman–Crippen MR) is 97.1 cm³/mol. The molecule has 0 saturated heterocycles. The van der Waals surface area contributed by atoms with Crippen LogP contribution in [0.2, 0.25) is 0 Å². The molecule has 0 bridgehead atoms. The normalized spacial score (nSPS) is 19.7. The zero-order valence-corrected chi connectivity index (χ0v) is 15.9. The Hall–Kier alpha value is -2.43. The number of aryl methyl sites for hydroxylation is 1. The quantitative estimate of drug-likeness (QED) is 0.512. The summed E-state index contributed by atoms with van der Waals surface area (Å²) in [6.45, 7) is 3.78. The Morgan fingerprint density at radius 3 is 2.32 bits per heavy atom. The van der Waals surface area contributed by atoms with Crippen LogP contribution in [-0.4, -0.2) is 19.6 Å². The molecular weight excluding hydrogens is 401 g/mol. The Labute approximate surface area is 157 Å². The lowest BCUT2D eigenvalue weighted by molar-refractivity contribution is 0.364. The second kappa shape index (κ2) is 5.13. The first-order valence-electron chi connectivity index (χ1n) is 8.53. The molecule has 2 heterocycles. The third kappa shape index (κ3) is 3.50. The summed E-state index contributed by atoms with van der Waals surface area (Å²) >= 11 is 0. The van der Waals surface area contributed by atoms with Gasteiger partial charge in [0.2, 0.25) is 0 Å². The zero-order valence-electron chi connectivity index (χ0n) is 15.0. The molecule has 1 atom stereocenters. The molecular formula is C17H18F5N5S. The molecule has 1 aromatic carbocycles. The van der Waals surface area contributed by atoms with E-state index in [0.717, 1.165) is 25.0 Å². The molecule has 5 nitrogen and oxygen atoms in total. The van der Waals surface area contributed by atoms with E-state index in [0.29, 0.717) is 35.0 Å². The molecule has 1 aliphatic rings. The van der Waals surface area contributed by atoms with E-state index in [9.17, 15) is 19.4 Å². The van der Waals surface area contributed by atoms with Crippen LogP contribution in [-0.2, 0) is 0 Å². The predicted octanol–water partition coefficient (Wildman–Crippen LogP) is 6.04. The highest BCUT2D eigenvalue weighted by Crippen LogP contribution is 3.02. The Bertz CT molecular complexity index is 1060. The number of fused-ring (bicyclic) bond motifs is 1. The highest BCUT2D eigenvalue weighted by Gasteiger charge is 2.65. The Morgan fingerprint density at radius 2 is 1.75 bits per heavy atom. The van der Waals surface area contributed by atoms with Crippen LogP contribution < -0.4 is 5.32 Å². The molecule has 1 N–H and O–H groups in total. The van der Waals surface area contributed by atoms with Crippen LogP contribution >= 0.6 is 10.2 Å². The van der Waals surface area contributed by atoms with E-state index in [1.165, 1.54) is 10.8 Å². The average molecular weight is 419 g/mol. The highest BCUT2D eigenvalue weighted by molar-refractivity contribution is 8.45. The number of anilines is 1. The van der Waals surface area contributed by atoms with Gasteiger partial charge in [0.25, 0.3) is 5.78 Å². The van der Waals surface area contributed by atoms with Crippen LogP contribution in [0.15, 0.2) is 41.6 Å². The Balaban J connectivity index is 1.73. The summed E-state index contributed by atoms with van der Waals surface area (Å²) in [6.07, 6.45) is 3.07. The number of nitrogens with one attached hydrogen (secondary N) is 1. The minimum absolute atomic E-state index is 0.208. The summed E-state index contributed by atoms with van der Waals surface area (Å²) in [5.74, 6) is 0.966. The van der Waals surface area contributed by atoms with Gasteiger partial charge < -0.3 is 5.32 Å². The smallest absolute Gasteiger partial charge is 0.310 e. The molecule has 28 heavy (non-hydrogen) atoms. The lowest BCUT2D eigenvalue weighted by Gasteiger charge is -2.40. The number of hydrogen-bond acceptors (Lipinski definition) is 4. The average Bonchev–Trinajstić information content (AvgIpc) is 3.13. The number of rotatable bonds is 5. The Kier molecular flexibility index (Phi) is 3.47. The van der Waals surface area contributed by atoms with Gasteiger partial charge in [0, 0.05) is 11.8 Å². The van der Waals surface area contributed by atoms with E-state index in [-0.39, 0.29) is 11.5 Å². The first-order chi connectivity index (χ1) is 12.7. The summed E-state index contributed by atoms with van der Waals surface area (Å²) in [6, 6.07) is 4.51. The van der Waals surface area contributed by atoms with Crippen LogP contribution in [0.4, 0.5) is 25.2 Å². The minimum atomic E-state index is -9.69. The van der Waals surface area contributed by atoms with Crippen molar-refractivity contribution >= 4 is 21.8 Å². The summed E-state index contributed by atoms with van der Waals surface area (Å²) in [5, 5.41) is 7.42. The van der Waals surface area contributed by atoms with Crippen molar-refractivity contribution in [3.63, 3.8) is 0 Å². The summed E-state index contributed by atoms with van der Waals surface area (Å²) in [4.78, 5) is 6.41. The van der Waals surface area contributed by atoms with E-state index in [1.54, 1.807) is 13.0 Å². The number of halogens is 5. The van der Waals surface area contributed by atoms with Crippen molar-refractivity contribution in [2.24, 2.45) is 5.41 Å². The fourth-order valence-corrected chi connectivity index (χ4v) is 3.89. The number of aromatic nitrogens is 4. The number of benzene rings is 1. The molecule has 1 fully saturated rings. The van der Waals surface area contributed by atoms with Crippen molar-refractivity contribution in [3.8, 4) is 0 Å². The van der Waals surface area contributed by atoms with E-state index in [1.807, 2.05) is 6.92 Å². The molecule has 4 rings (SSSR count). The molecule has 1 aliphatic carbocycles. The van der Waals surface area contributed by atoms with Crippen molar-refractivity contribution in [2.75, 3.05) is 5.32 Å². The van der Waals surface area contributed by atoms with Crippen LogP contribution in [0.5, 0.6) is 0 Å². The zero-order chi connectivity index (χ0) is 20.4. The minimum Gasteiger partial charge on any atom is -0.362 e. The van der Waals surface area contributed by atoms with E-state index in [2.05, 4.69) is 20.4 Å². The van der Waals surface area contributed by atoms with Gasteiger partial charge in [-0.1, -0.05) is 38.5 Å². The maximum absolute atomic E-state index is 13.0. The van der Waals surface area contributed by atoms with Crippen molar-refractivity contribution in [1.29, 1.82) is 0 Å². The van der Waals surface area contributed by atoms with Gasteiger partial charge in [0.05, 0.1) is 6.04 Å². The topological polar surface area (TPSA) is 55.1 Å². The number of nitrogens with zero attached hydrogens (tertiary/aromatic N) is 4. The molecule has 0 amide bonds. The lowest BCUT2D eigenvalue weighted by atomic mass is 9.91. The van der Waals surface area contributed by atoms with E-state index >= 15 is 0 Å². The van der Waals surface area contributed by atoms with Crippen LogP contribution in [0.1, 0.15) is 37.1 Å². The maximum atomic E-state index is 13.0. The second-order valence-electron chi connectivity index (χ2n) is 7.52. The molecule has 0 aliphatic heterocycles. The summed E-state index contributed by atoms with van der Waals surface area (Å²) in [7, 11) is -9.69. The van der Waals surface area contributed by atoms with Gasteiger partial charge in [0.15, 0.2) is 0 Å². The molecule has 1 unspecified atom stereocenters. The fraction of sp³-hybridized carbons (Fsp3) is 0.353. The molecule has 0 radical (unpaired) electrons. The fourth-order valence-electron chi connectivity index (χ4n) is 3.24. The van der Waals surface area contributed by atoms with Gasteiger partial charge in [-0.3, -0.25) is 0 Å². The molecule has 1 saturated carbocycles. The van der Waals surface area contributed by atoms with Gasteiger partial charge in [-0.2, -0.15) is 14.6 Å². The van der Waals surface area contributed by atoms with Gasteiger partial charge in [-0.05, 0) is 42.9 Å². The third-order valence-electron chi connectivity index (χ3n) is 5.07. The third-order valence-corrected chi connectivity index (χ3v) is 6.23. The van der Waals surface area contributed by atoms with E-state index in [4.69, 9.17) is 0 Å². The first-order valence-corrected chi connectivity index (χ1v) is 10.5. The SMILES string of the molecule is Cc1cc(NC(c2ccc(S(F)(F)(F)(F)F)cc2)C2(C)CC2)n2ncnc2n1. The molecule has 152 valence electrons. The summed E-state index contributed by atoms with van der Waals surface area (Å²) < 4.78 is 66.6. The van der Waals surface area contributed by atoms with Gasteiger partial charge >= 0.3 is 10.2 Å². The lowest BCUT2D eigenvalue weighted by Crippen LogP contribution is -2.22. The molecule has 3 aromatic rings. The molecule has 2 aromatic heterocycles. The van der Waals surface area contributed by atoms with Crippen molar-refractivity contribution < 1.29 is 19.4 Å². The Morgan fingerprint density at radius 1 is 1.11 bits per heavy atom. The van der Waals surface area contributed by atoms with Crippen LogP contribution in [0.25, 0.3) is 5.78 Å². The highest BCUT2D eigenvalue weighted by atomic mass is 32.5. The van der Waals surface area contributed by atoms with Crippen molar-refractivity contribution in [3.05, 3.63) is 47.9 Å². The van der Waals surface area contributed by atoms with Crippen LogP contribution in [0, 0.1) is 12.3 Å². The standard InChI is InChI=1S/C17H18F5N5S/c1-11-9-14(27-16(25-11)23-10-24-27)26-15(17(2)7-8-17)12-3-5-13(6-4-12)28(18,19,20,21)22/h3-6,9-10,15,26H,7-8H2,1-2H3. The first kappa shape index (κ1) is 18.9. The largest absolute Gasteiger partial charge is 0.362 e. The van der Waals surface area contributed by atoms with Gasteiger partial charge in [0.1, 0.15) is 17.0 Å². The molecule has 0 spiro atoms. The second-order valence-corrected chi connectivity index (χ2v) is 9.93.